The maximum Gasteiger partial charge on any atom is 0.419 e. The number of fused-ring (bicyclic) bond motifs is 1. The molecule has 0 amide bonds. The van der Waals surface area contributed by atoms with Crippen molar-refractivity contribution in [2.24, 2.45) is 7.05 Å². The largest absolute Gasteiger partial charge is 0.419 e. The van der Waals surface area contributed by atoms with Gasteiger partial charge in [-0.25, -0.2) is 4.79 Å². The van der Waals surface area contributed by atoms with Crippen LogP contribution in [0.25, 0.3) is 33.9 Å². The van der Waals surface area contributed by atoms with Crippen molar-refractivity contribution in [2.75, 3.05) is 0 Å². The van der Waals surface area contributed by atoms with E-state index >= 15 is 0 Å². The Bertz CT molecular complexity index is 1080. The Balaban J connectivity index is 1.80. The van der Waals surface area contributed by atoms with E-state index in [4.69, 9.17) is 8.94 Å². The Hall–Kier alpha value is -2.67. The molecule has 0 spiro atoms. The number of rotatable bonds is 2. The highest BCUT2D eigenvalue weighted by molar-refractivity contribution is 9.10. The van der Waals surface area contributed by atoms with Crippen LogP contribution in [0.5, 0.6) is 0 Å². The number of benzene rings is 2. The van der Waals surface area contributed by atoms with Crippen molar-refractivity contribution in [3.8, 4) is 22.8 Å². The van der Waals surface area contributed by atoms with Gasteiger partial charge in [0.15, 0.2) is 5.58 Å². The van der Waals surface area contributed by atoms with E-state index in [9.17, 15) is 4.79 Å². The summed E-state index contributed by atoms with van der Waals surface area (Å²) in [5.41, 5.74) is 2.74. The monoisotopic (exact) mass is 371 g/mol. The standard InChI is InChI=1S/C16H10BrN3O3/c1-20-12-7-6-9(8-13(12)22-16(20)21)14-18-15(23-19-14)10-4-2-3-5-11(10)17/h2-8H,1H3. The molecule has 0 radical (unpaired) electrons. The normalized spacial score (nSPS) is 11.2. The lowest BCUT2D eigenvalue weighted by atomic mass is 10.2. The van der Waals surface area contributed by atoms with Gasteiger partial charge < -0.3 is 8.94 Å². The minimum Gasteiger partial charge on any atom is -0.408 e. The molecule has 4 aromatic rings. The first kappa shape index (κ1) is 14.0. The van der Waals surface area contributed by atoms with E-state index in [2.05, 4.69) is 26.1 Å². The molecule has 0 saturated carbocycles. The van der Waals surface area contributed by atoms with Crippen LogP contribution in [0.4, 0.5) is 0 Å². The third-order valence-corrected chi connectivity index (χ3v) is 4.27. The summed E-state index contributed by atoms with van der Waals surface area (Å²) >= 11 is 3.46. The lowest BCUT2D eigenvalue weighted by Crippen LogP contribution is -2.08. The fraction of sp³-hybridized carbons (Fsp3) is 0.0625. The van der Waals surface area contributed by atoms with Crippen molar-refractivity contribution in [3.63, 3.8) is 0 Å². The molecule has 0 fully saturated rings. The number of aryl methyl sites for hydroxylation is 1. The second-order valence-electron chi connectivity index (χ2n) is 5.01. The first-order valence-corrected chi connectivity index (χ1v) is 7.61. The molecule has 0 bridgehead atoms. The highest BCUT2D eigenvalue weighted by atomic mass is 79.9. The van der Waals surface area contributed by atoms with Crippen molar-refractivity contribution in [1.29, 1.82) is 0 Å². The lowest BCUT2D eigenvalue weighted by Gasteiger charge is -1.96. The molecule has 4 rings (SSSR count). The summed E-state index contributed by atoms with van der Waals surface area (Å²) in [6.07, 6.45) is 0. The number of aromatic nitrogens is 3. The van der Waals surface area contributed by atoms with Crippen LogP contribution in [0, 0.1) is 0 Å². The molecule has 114 valence electrons. The van der Waals surface area contributed by atoms with Crippen LogP contribution < -0.4 is 5.76 Å². The van der Waals surface area contributed by atoms with E-state index in [0.29, 0.717) is 28.4 Å². The minimum atomic E-state index is -0.404. The molecule has 0 aliphatic rings. The van der Waals surface area contributed by atoms with Crippen LogP contribution >= 0.6 is 15.9 Å². The van der Waals surface area contributed by atoms with Crippen molar-refractivity contribution in [2.45, 2.75) is 0 Å². The molecule has 2 aromatic carbocycles. The summed E-state index contributed by atoms with van der Waals surface area (Å²) < 4.78 is 12.8. The molecular weight excluding hydrogens is 362 g/mol. The molecule has 2 aromatic heterocycles. The quantitative estimate of drug-likeness (QED) is 0.538. The van der Waals surface area contributed by atoms with E-state index in [-0.39, 0.29) is 0 Å². The Kier molecular flexibility index (Phi) is 3.16. The summed E-state index contributed by atoms with van der Waals surface area (Å²) in [6, 6.07) is 13.0. The fourth-order valence-electron chi connectivity index (χ4n) is 2.36. The van der Waals surface area contributed by atoms with Crippen LogP contribution in [-0.4, -0.2) is 14.7 Å². The van der Waals surface area contributed by atoms with Crippen molar-refractivity contribution in [3.05, 3.63) is 57.5 Å². The maximum absolute atomic E-state index is 11.6. The first-order chi connectivity index (χ1) is 11.1. The number of hydrogen-bond acceptors (Lipinski definition) is 5. The van der Waals surface area contributed by atoms with E-state index < -0.39 is 5.76 Å². The van der Waals surface area contributed by atoms with E-state index in [1.54, 1.807) is 19.2 Å². The minimum absolute atomic E-state index is 0.404. The number of hydrogen-bond donors (Lipinski definition) is 0. The van der Waals surface area contributed by atoms with Crippen LogP contribution in [0.15, 0.2) is 60.7 Å². The van der Waals surface area contributed by atoms with E-state index in [0.717, 1.165) is 10.0 Å². The summed E-state index contributed by atoms with van der Waals surface area (Å²) in [5.74, 6) is 0.449. The predicted molar refractivity (Wildman–Crippen MR) is 87.9 cm³/mol. The molecule has 0 aliphatic heterocycles. The van der Waals surface area contributed by atoms with E-state index in [1.807, 2.05) is 30.3 Å². The van der Waals surface area contributed by atoms with Crippen LogP contribution in [0.1, 0.15) is 0 Å². The lowest BCUT2D eigenvalue weighted by molar-refractivity contribution is 0.432. The van der Waals surface area contributed by atoms with Gasteiger partial charge in [0.2, 0.25) is 5.82 Å². The summed E-state index contributed by atoms with van der Waals surface area (Å²) in [6.45, 7) is 0. The zero-order valence-electron chi connectivity index (χ0n) is 12.0. The van der Waals surface area contributed by atoms with Gasteiger partial charge in [0.1, 0.15) is 0 Å². The van der Waals surface area contributed by atoms with Crippen LogP contribution in [0.2, 0.25) is 0 Å². The first-order valence-electron chi connectivity index (χ1n) is 6.82. The second kappa shape index (κ2) is 5.20. The highest BCUT2D eigenvalue weighted by Crippen LogP contribution is 2.29. The Labute approximate surface area is 138 Å². The number of nitrogens with zero attached hydrogens (tertiary/aromatic N) is 3. The van der Waals surface area contributed by atoms with Gasteiger partial charge in [-0.3, -0.25) is 4.57 Å². The molecule has 0 atom stereocenters. The van der Waals surface area contributed by atoms with Gasteiger partial charge in [0, 0.05) is 17.1 Å². The van der Waals surface area contributed by atoms with Crippen molar-refractivity contribution < 1.29 is 8.94 Å². The zero-order chi connectivity index (χ0) is 16.0. The topological polar surface area (TPSA) is 74.1 Å². The molecule has 0 unspecified atom stereocenters. The second-order valence-corrected chi connectivity index (χ2v) is 5.87. The smallest absolute Gasteiger partial charge is 0.408 e. The van der Waals surface area contributed by atoms with Crippen LogP contribution in [-0.2, 0) is 7.05 Å². The van der Waals surface area contributed by atoms with Gasteiger partial charge in [-0.05, 0) is 46.3 Å². The highest BCUT2D eigenvalue weighted by Gasteiger charge is 2.14. The van der Waals surface area contributed by atoms with Gasteiger partial charge in [0.25, 0.3) is 5.89 Å². The molecule has 23 heavy (non-hydrogen) atoms. The van der Waals surface area contributed by atoms with Gasteiger partial charge in [-0.15, -0.1) is 0 Å². The molecule has 7 heteroatoms. The molecule has 0 aliphatic carbocycles. The molecular formula is C16H10BrN3O3. The summed E-state index contributed by atoms with van der Waals surface area (Å²) in [4.78, 5) is 16.0. The molecule has 0 N–H and O–H groups in total. The predicted octanol–water partition coefficient (Wildman–Crippen LogP) is 3.61. The van der Waals surface area contributed by atoms with Crippen molar-refractivity contribution >= 4 is 27.0 Å². The summed E-state index contributed by atoms with van der Waals surface area (Å²) in [7, 11) is 1.66. The average molecular weight is 372 g/mol. The van der Waals surface area contributed by atoms with Gasteiger partial charge >= 0.3 is 5.76 Å². The third kappa shape index (κ3) is 2.29. The SMILES string of the molecule is Cn1c(=O)oc2cc(-c3noc(-c4ccccc4Br)n3)ccc21. The molecule has 6 nitrogen and oxygen atoms in total. The zero-order valence-corrected chi connectivity index (χ0v) is 13.6. The Morgan fingerprint density at radius 2 is 2.00 bits per heavy atom. The molecule has 0 saturated heterocycles. The average Bonchev–Trinajstić information content (AvgIpc) is 3.14. The van der Waals surface area contributed by atoms with Crippen molar-refractivity contribution in [1.82, 2.24) is 14.7 Å². The fourth-order valence-corrected chi connectivity index (χ4v) is 2.81. The van der Waals surface area contributed by atoms with Crippen LogP contribution in [0.3, 0.4) is 0 Å². The summed E-state index contributed by atoms with van der Waals surface area (Å²) in [5, 5.41) is 4.01. The Morgan fingerprint density at radius 1 is 1.17 bits per heavy atom. The van der Waals surface area contributed by atoms with Gasteiger partial charge in [-0.1, -0.05) is 17.3 Å². The Morgan fingerprint density at radius 3 is 2.83 bits per heavy atom. The van der Waals surface area contributed by atoms with E-state index in [1.165, 1.54) is 4.57 Å². The third-order valence-electron chi connectivity index (χ3n) is 3.58. The molecule has 2 heterocycles. The van der Waals surface area contributed by atoms with Gasteiger partial charge in [0.05, 0.1) is 11.1 Å². The number of halogens is 1. The van der Waals surface area contributed by atoms with Gasteiger partial charge in [-0.2, -0.15) is 4.98 Å². The number of oxazole rings is 1. The maximum atomic E-state index is 11.6.